The molecular weight excluding hydrogens is 352 g/mol. The van der Waals surface area contributed by atoms with Gasteiger partial charge in [0.05, 0.1) is 5.69 Å². The molecule has 0 aliphatic rings. The molecule has 0 saturated heterocycles. The van der Waals surface area contributed by atoms with Crippen LogP contribution in [0.2, 0.25) is 0 Å². The van der Waals surface area contributed by atoms with Crippen molar-refractivity contribution in [3.8, 4) is 5.75 Å². The molecule has 4 aromatic rings. The van der Waals surface area contributed by atoms with E-state index in [1.54, 1.807) is 12.1 Å². The summed E-state index contributed by atoms with van der Waals surface area (Å²) in [6, 6.07) is 17.8. The number of rotatable bonds is 5. The van der Waals surface area contributed by atoms with Gasteiger partial charge in [0.25, 0.3) is 5.91 Å². The van der Waals surface area contributed by atoms with Gasteiger partial charge in [-0.2, -0.15) is 0 Å². The zero-order chi connectivity index (χ0) is 19.7. The number of aldehydes is 1. The molecule has 5 heteroatoms. The molecule has 2 heterocycles. The molecule has 2 N–H and O–H groups in total. The zero-order valence-corrected chi connectivity index (χ0v) is 15.5. The van der Waals surface area contributed by atoms with Crippen LogP contribution in [0.15, 0.2) is 60.8 Å². The second kappa shape index (κ2) is 7.19. The number of fused-ring (bicyclic) bond motifs is 2. The number of hydrogen-bond acceptors (Lipinski definition) is 3. The Bertz CT molecular complexity index is 1200. The molecule has 140 valence electrons. The van der Waals surface area contributed by atoms with Gasteiger partial charge in [-0.1, -0.05) is 49.4 Å². The molecule has 2 aromatic carbocycles. The Kier molecular flexibility index (Phi) is 4.57. The van der Waals surface area contributed by atoms with E-state index in [-0.39, 0.29) is 12.0 Å². The number of nitrogens with one attached hydrogen (secondary N) is 1. The average Bonchev–Trinajstić information content (AvgIpc) is 3.01. The second-order valence-corrected chi connectivity index (χ2v) is 6.69. The van der Waals surface area contributed by atoms with E-state index in [1.807, 2.05) is 35.7 Å². The van der Waals surface area contributed by atoms with Crippen molar-refractivity contribution in [3.05, 3.63) is 77.6 Å². The van der Waals surface area contributed by atoms with E-state index in [0.29, 0.717) is 24.0 Å². The molecule has 0 radical (unpaired) electrons. The molecule has 0 bridgehead atoms. The summed E-state index contributed by atoms with van der Waals surface area (Å²) in [5.74, 6) is -0.676. The Balaban J connectivity index is 1.95. The average molecular weight is 372 g/mol. The van der Waals surface area contributed by atoms with E-state index < -0.39 is 5.91 Å². The van der Waals surface area contributed by atoms with Crippen molar-refractivity contribution in [2.45, 2.75) is 19.8 Å². The van der Waals surface area contributed by atoms with Crippen LogP contribution >= 0.6 is 0 Å². The Morgan fingerprint density at radius 3 is 2.68 bits per heavy atom. The summed E-state index contributed by atoms with van der Waals surface area (Å²) in [6.45, 7) is 2.00. The molecule has 0 atom stereocenters. The first kappa shape index (κ1) is 17.8. The monoisotopic (exact) mass is 372 g/mol. The van der Waals surface area contributed by atoms with E-state index >= 15 is 0 Å². The molecule has 0 unspecified atom stereocenters. The van der Waals surface area contributed by atoms with E-state index in [1.165, 1.54) is 5.39 Å². The number of anilines is 1. The molecule has 0 fully saturated rings. The number of benzene rings is 2. The highest BCUT2D eigenvalue weighted by molar-refractivity contribution is 6.30. The summed E-state index contributed by atoms with van der Waals surface area (Å²) in [4.78, 5) is 22.7. The van der Waals surface area contributed by atoms with Crippen LogP contribution in [0.4, 0.5) is 5.69 Å². The second-order valence-electron chi connectivity index (χ2n) is 6.69. The lowest BCUT2D eigenvalue weighted by molar-refractivity contribution is -0.127. The molecule has 0 aliphatic heterocycles. The van der Waals surface area contributed by atoms with E-state index in [9.17, 15) is 14.7 Å². The van der Waals surface area contributed by atoms with Crippen molar-refractivity contribution < 1.29 is 14.7 Å². The van der Waals surface area contributed by atoms with Crippen molar-refractivity contribution in [1.82, 2.24) is 4.40 Å². The first-order valence-corrected chi connectivity index (χ1v) is 9.20. The van der Waals surface area contributed by atoms with Gasteiger partial charge in [-0.05, 0) is 40.5 Å². The van der Waals surface area contributed by atoms with Gasteiger partial charge in [0.2, 0.25) is 6.29 Å². The topological polar surface area (TPSA) is 70.8 Å². The van der Waals surface area contributed by atoms with Crippen LogP contribution < -0.4 is 5.32 Å². The molecule has 1 amide bonds. The van der Waals surface area contributed by atoms with Gasteiger partial charge in [-0.25, -0.2) is 0 Å². The van der Waals surface area contributed by atoms with Crippen LogP contribution in [0.25, 0.3) is 16.3 Å². The van der Waals surface area contributed by atoms with Crippen LogP contribution in [-0.2, 0) is 22.4 Å². The van der Waals surface area contributed by atoms with E-state index in [2.05, 4.69) is 29.6 Å². The maximum atomic E-state index is 11.8. The predicted octanol–water partition coefficient (Wildman–Crippen LogP) is 4.09. The molecule has 5 nitrogen and oxygen atoms in total. The van der Waals surface area contributed by atoms with Gasteiger partial charge in [-0.3, -0.25) is 9.59 Å². The van der Waals surface area contributed by atoms with Crippen LogP contribution in [0, 0.1) is 0 Å². The molecule has 2 aromatic heterocycles. The quantitative estimate of drug-likeness (QED) is 0.409. The fraction of sp³-hybridized carbons (Fsp3) is 0.130. The van der Waals surface area contributed by atoms with Crippen LogP contribution in [0.3, 0.4) is 0 Å². The van der Waals surface area contributed by atoms with Gasteiger partial charge in [0, 0.05) is 18.3 Å². The fourth-order valence-electron chi connectivity index (χ4n) is 3.89. The largest absolute Gasteiger partial charge is 0.506 e. The maximum Gasteiger partial charge on any atom is 0.288 e. The summed E-state index contributed by atoms with van der Waals surface area (Å²) in [5, 5.41) is 15.4. The third-order valence-corrected chi connectivity index (χ3v) is 5.10. The summed E-state index contributed by atoms with van der Waals surface area (Å²) in [6.07, 6.45) is 3.39. The van der Waals surface area contributed by atoms with Gasteiger partial charge < -0.3 is 14.8 Å². The maximum absolute atomic E-state index is 11.8. The Morgan fingerprint density at radius 1 is 1.11 bits per heavy atom. The van der Waals surface area contributed by atoms with Crippen LogP contribution in [-0.4, -0.2) is 21.7 Å². The lowest BCUT2D eigenvalue weighted by atomic mass is 9.98. The Morgan fingerprint density at radius 2 is 1.89 bits per heavy atom. The summed E-state index contributed by atoms with van der Waals surface area (Å²) < 4.78 is 1.90. The summed E-state index contributed by atoms with van der Waals surface area (Å²) in [7, 11) is 0. The number of nitrogens with zero attached hydrogens (tertiary/aromatic N) is 1. The van der Waals surface area contributed by atoms with Crippen LogP contribution in [0.1, 0.15) is 23.7 Å². The predicted molar refractivity (Wildman–Crippen MR) is 110 cm³/mol. The molecule has 4 rings (SSSR count). The van der Waals surface area contributed by atoms with Crippen molar-refractivity contribution >= 4 is 34.2 Å². The van der Waals surface area contributed by atoms with Gasteiger partial charge >= 0.3 is 0 Å². The van der Waals surface area contributed by atoms with Crippen molar-refractivity contribution in [1.29, 1.82) is 0 Å². The number of hydrogen-bond donors (Lipinski definition) is 2. The Labute approximate surface area is 162 Å². The molecule has 0 spiro atoms. The first-order chi connectivity index (χ1) is 13.6. The van der Waals surface area contributed by atoms with Gasteiger partial charge in [0.1, 0.15) is 11.3 Å². The number of aromatic hydroxyl groups is 1. The highest BCUT2D eigenvalue weighted by Gasteiger charge is 2.21. The third kappa shape index (κ3) is 2.91. The number of pyridine rings is 1. The molecule has 0 aliphatic carbocycles. The lowest BCUT2D eigenvalue weighted by Crippen LogP contribution is -2.13. The number of carbonyl (C=O) groups excluding carboxylic acids is 2. The van der Waals surface area contributed by atoms with E-state index in [0.717, 1.165) is 22.2 Å². The third-order valence-electron chi connectivity index (χ3n) is 5.10. The Hall–Kier alpha value is -3.60. The van der Waals surface area contributed by atoms with Crippen molar-refractivity contribution in [2.75, 3.05) is 5.32 Å². The minimum Gasteiger partial charge on any atom is -0.506 e. The number of amides is 1. The first-order valence-electron chi connectivity index (χ1n) is 9.20. The minimum atomic E-state index is -0.734. The molecular formula is C23H20N2O3. The van der Waals surface area contributed by atoms with Crippen molar-refractivity contribution in [2.24, 2.45) is 0 Å². The van der Waals surface area contributed by atoms with Gasteiger partial charge in [-0.15, -0.1) is 0 Å². The normalized spacial score (nSPS) is 11.0. The number of aromatic nitrogens is 1. The van der Waals surface area contributed by atoms with Crippen molar-refractivity contribution in [3.63, 3.8) is 0 Å². The lowest BCUT2D eigenvalue weighted by Gasteiger charge is -2.09. The fourth-order valence-corrected chi connectivity index (χ4v) is 3.89. The SMILES string of the molecule is CCc1c(NC(=O)C=O)c2c(O)cccn2c1Cc1cccc2ccccc12. The smallest absolute Gasteiger partial charge is 0.288 e. The number of carbonyl (C=O) groups is 2. The van der Waals surface area contributed by atoms with Crippen LogP contribution in [0.5, 0.6) is 5.75 Å². The zero-order valence-electron chi connectivity index (χ0n) is 15.5. The molecule has 28 heavy (non-hydrogen) atoms. The van der Waals surface area contributed by atoms with Gasteiger partial charge in [0.15, 0.2) is 0 Å². The highest BCUT2D eigenvalue weighted by Crippen LogP contribution is 2.36. The highest BCUT2D eigenvalue weighted by atomic mass is 16.3. The minimum absolute atomic E-state index is 0.0579. The molecule has 0 saturated carbocycles. The summed E-state index contributed by atoms with van der Waals surface area (Å²) >= 11 is 0. The van der Waals surface area contributed by atoms with E-state index in [4.69, 9.17) is 0 Å². The standard InChI is InChI=1S/C23H20N2O3/c1-2-17-19(13-16-9-5-8-15-7-3-4-10-18(15)16)25-12-6-11-20(27)23(25)22(17)24-21(28)14-26/h3-12,14,27H,2,13H2,1H3,(H,24,28). The summed E-state index contributed by atoms with van der Waals surface area (Å²) in [5.41, 5.74) is 4.04.